The van der Waals surface area contributed by atoms with Crippen molar-refractivity contribution in [3.63, 3.8) is 0 Å². The fraction of sp³-hybridized carbons (Fsp3) is 0.846. The number of hydrogen-bond donors (Lipinski definition) is 1. The van der Waals surface area contributed by atoms with E-state index in [1.54, 1.807) is 0 Å². The molecule has 0 saturated heterocycles. The average molecular weight is 241 g/mol. The zero-order valence-corrected chi connectivity index (χ0v) is 10.8. The normalized spacial score (nSPS) is 24.1. The molecule has 0 aromatic carbocycles. The van der Waals surface area contributed by atoms with Gasteiger partial charge >= 0.3 is 5.97 Å². The molecule has 0 heterocycles. The molecule has 4 heteroatoms. The summed E-state index contributed by atoms with van der Waals surface area (Å²) >= 11 is 0. The molecule has 0 radical (unpaired) electrons. The van der Waals surface area contributed by atoms with Crippen LogP contribution in [-0.4, -0.2) is 25.0 Å². The van der Waals surface area contributed by atoms with E-state index in [2.05, 4.69) is 5.32 Å². The molecular weight excluding hydrogens is 218 g/mol. The number of hydrogen-bond acceptors (Lipinski definition) is 3. The summed E-state index contributed by atoms with van der Waals surface area (Å²) in [6, 6.07) is 0. The maximum absolute atomic E-state index is 11.5. The number of rotatable bonds is 5. The first kappa shape index (κ1) is 14.0. The fourth-order valence-electron chi connectivity index (χ4n) is 2.25. The Kier molecular flexibility index (Phi) is 6.01. The second kappa shape index (κ2) is 7.30. The molecule has 1 rings (SSSR count). The van der Waals surface area contributed by atoms with E-state index in [1.807, 2.05) is 13.8 Å². The van der Waals surface area contributed by atoms with Gasteiger partial charge in [0.25, 0.3) is 0 Å². The highest BCUT2D eigenvalue weighted by molar-refractivity contribution is 5.75. The van der Waals surface area contributed by atoms with Crippen LogP contribution < -0.4 is 5.32 Å². The molecule has 1 aliphatic rings. The Morgan fingerprint density at radius 2 is 1.82 bits per heavy atom. The summed E-state index contributed by atoms with van der Waals surface area (Å²) in [5, 5.41) is 2.92. The van der Waals surface area contributed by atoms with Crippen LogP contribution in [0, 0.1) is 11.8 Å². The van der Waals surface area contributed by atoms with E-state index in [0.717, 1.165) is 32.2 Å². The Balaban J connectivity index is 2.21. The predicted molar refractivity (Wildman–Crippen MR) is 65.4 cm³/mol. The molecule has 1 fully saturated rings. The van der Waals surface area contributed by atoms with Gasteiger partial charge in [-0.3, -0.25) is 9.59 Å². The molecular formula is C13H23NO3. The lowest BCUT2D eigenvalue weighted by atomic mass is 9.82. The van der Waals surface area contributed by atoms with Crippen molar-refractivity contribution in [2.45, 2.75) is 46.0 Å². The molecule has 98 valence electrons. The lowest BCUT2D eigenvalue weighted by molar-refractivity contribution is -0.149. The van der Waals surface area contributed by atoms with Gasteiger partial charge in [0.2, 0.25) is 5.91 Å². The third-order valence-electron chi connectivity index (χ3n) is 3.38. The molecule has 0 aromatic heterocycles. The summed E-state index contributed by atoms with van der Waals surface area (Å²) in [5.74, 6) is 0.658. The zero-order valence-electron chi connectivity index (χ0n) is 10.8. The van der Waals surface area contributed by atoms with Gasteiger partial charge in [0.1, 0.15) is 0 Å². The van der Waals surface area contributed by atoms with Crippen molar-refractivity contribution in [1.82, 2.24) is 5.32 Å². The van der Waals surface area contributed by atoms with E-state index >= 15 is 0 Å². The minimum atomic E-state index is -0.0523. The molecule has 0 bridgehead atoms. The second-order valence-corrected chi connectivity index (χ2v) is 4.63. The molecule has 0 atom stereocenters. The average Bonchev–Trinajstić information content (AvgIpc) is 2.36. The summed E-state index contributed by atoms with van der Waals surface area (Å²) in [6.07, 6.45) is 4.34. The maximum Gasteiger partial charge on any atom is 0.308 e. The molecule has 0 aromatic rings. The SMILES string of the molecule is CCOC(=O)C1CCC(CNC(=O)CC)CC1. The van der Waals surface area contributed by atoms with Crippen molar-refractivity contribution in [1.29, 1.82) is 0 Å². The first-order valence-corrected chi connectivity index (χ1v) is 6.60. The monoisotopic (exact) mass is 241 g/mol. The molecule has 1 N–H and O–H groups in total. The van der Waals surface area contributed by atoms with Gasteiger partial charge in [-0.1, -0.05) is 6.92 Å². The quantitative estimate of drug-likeness (QED) is 0.748. The van der Waals surface area contributed by atoms with E-state index in [-0.39, 0.29) is 17.8 Å². The first-order valence-electron chi connectivity index (χ1n) is 6.60. The second-order valence-electron chi connectivity index (χ2n) is 4.63. The molecule has 4 nitrogen and oxygen atoms in total. The van der Waals surface area contributed by atoms with Crippen LogP contribution in [0.3, 0.4) is 0 Å². The van der Waals surface area contributed by atoms with Gasteiger partial charge in [-0.2, -0.15) is 0 Å². The summed E-state index contributed by atoms with van der Waals surface area (Å²) < 4.78 is 5.02. The van der Waals surface area contributed by atoms with Crippen LogP contribution in [0.2, 0.25) is 0 Å². The molecule has 1 aliphatic carbocycles. The molecule has 1 amide bonds. The highest BCUT2D eigenvalue weighted by Gasteiger charge is 2.27. The van der Waals surface area contributed by atoms with Gasteiger partial charge in [-0.25, -0.2) is 0 Å². The van der Waals surface area contributed by atoms with Crippen molar-refractivity contribution in [3.05, 3.63) is 0 Å². The minimum absolute atomic E-state index is 0.0523. The fourth-order valence-corrected chi connectivity index (χ4v) is 2.25. The van der Waals surface area contributed by atoms with Gasteiger partial charge in [-0.15, -0.1) is 0 Å². The number of esters is 1. The maximum atomic E-state index is 11.5. The zero-order chi connectivity index (χ0) is 12.7. The van der Waals surface area contributed by atoms with Crippen molar-refractivity contribution >= 4 is 11.9 Å². The topological polar surface area (TPSA) is 55.4 Å². The van der Waals surface area contributed by atoms with Gasteiger partial charge < -0.3 is 10.1 Å². The lowest BCUT2D eigenvalue weighted by Crippen LogP contribution is -2.32. The van der Waals surface area contributed by atoms with E-state index in [1.165, 1.54) is 0 Å². The molecule has 0 spiro atoms. The van der Waals surface area contributed by atoms with E-state index < -0.39 is 0 Å². The summed E-state index contributed by atoms with van der Waals surface area (Å²) in [5.41, 5.74) is 0. The molecule has 17 heavy (non-hydrogen) atoms. The van der Waals surface area contributed by atoms with E-state index in [4.69, 9.17) is 4.74 Å². The van der Waals surface area contributed by atoms with Gasteiger partial charge in [0.05, 0.1) is 12.5 Å². The Hall–Kier alpha value is -1.06. The van der Waals surface area contributed by atoms with Crippen LogP contribution in [0.5, 0.6) is 0 Å². The van der Waals surface area contributed by atoms with Crippen LogP contribution in [0.1, 0.15) is 46.0 Å². The Labute approximate surface area is 103 Å². The third kappa shape index (κ3) is 4.75. The number of carbonyl (C=O) groups excluding carboxylic acids is 2. The standard InChI is InChI=1S/C13H23NO3/c1-3-12(15)14-9-10-5-7-11(8-6-10)13(16)17-4-2/h10-11H,3-9H2,1-2H3,(H,14,15). The summed E-state index contributed by atoms with van der Waals surface area (Å²) in [4.78, 5) is 22.7. The Morgan fingerprint density at radius 1 is 1.18 bits per heavy atom. The smallest absolute Gasteiger partial charge is 0.308 e. The van der Waals surface area contributed by atoms with Gasteiger partial charge in [-0.05, 0) is 38.5 Å². The van der Waals surface area contributed by atoms with Crippen molar-refractivity contribution in [2.75, 3.05) is 13.2 Å². The number of amides is 1. The summed E-state index contributed by atoms with van der Waals surface area (Å²) in [7, 11) is 0. The van der Waals surface area contributed by atoms with E-state index in [9.17, 15) is 9.59 Å². The van der Waals surface area contributed by atoms with Crippen LogP contribution in [-0.2, 0) is 14.3 Å². The Bertz CT molecular complexity index is 257. The minimum Gasteiger partial charge on any atom is -0.466 e. The van der Waals surface area contributed by atoms with Gasteiger partial charge in [0.15, 0.2) is 0 Å². The third-order valence-corrected chi connectivity index (χ3v) is 3.38. The van der Waals surface area contributed by atoms with Crippen LogP contribution in [0.15, 0.2) is 0 Å². The summed E-state index contributed by atoms with van der Waals surface area (Å²) in [6.45, 7) is 4.91. The predicted octanol–water partition coefficient (Wildman–Crippen LogP) is 1.88. The molecule has 0 aliphatic heterocycles. The highest BCUT2D eigenvalue weighted by Crippen LogP contribution is 2.29. The van der Waals surface area contributed by atoms with Crippen molar-refractivity contribution in [3.8, 4) is 0 Å². The van der Waals surface area contributed by atoms with Crippen LogP contribution in [0.4, 0.5) is 0 Å². The number of carbonyl (C=O) groups is 2. The number of ether oxygens (including phenoxy) is 1. The van der Waals surface area contributed by atoms with Gasteiger partial charge in [0, 0.05) is 13.0 Å². The molecule has 1 saturated carbocycles. The Morgan fingerprint density at radius 3 is 2.35 bits per heavy atom. The van der Waals surface area contributed by atoms with Crippen LogP contribution in [0.25, 0.3) is 0 Å². The van der Waals surface area contributed by atoms with Crippen molar-refractivity contribution in [2.24, 2.45) is 11.8 Å². The van der Waals surface area contributed by atoms with Crippen LogP contribution >= 0.6 is 0 Å². The lowest BCUT2D eigenvalue weighted by Gasteiger charge is -2.27. The van der Waals surface area contributed by atoms with Crippen molar-refractivity contribution < 1.29 is 14.3 Å². The molecule has 0 unspecified atom stereocenters. The number of nitrogens with one attached hydrogen (secondary N) is 1. The van der Waals surface area contributed by atoms with E-state index in [0.29, 0.717) is 18.9 Å². The highest BCUT2D eigenvalue weighted by atomic mass is 16.5. The largest absolute Gasteiger partial charge is 0.466 e. The first-order chi connectivity index (χ1) is 8.17.